The van der Waals surface area contributed by atoms with E-state index in [2.05, 4.69) is 26.9 Å². The van der Waals surface area contributed by atoms with E-state index < -0.39 is 0 Å². The minimum absolute atomic E-state index is 0.0443. The van der Waals surface area contributed by atoms with Crippen LogP contribution in [0.25, 0.3) is 0 Å². The van der Waals surface area contributed by atoms with E-state index in [4.69, 9.17) is 16.9 Å². The Hall–Kier alpha value is -1.09. The highest BCUT2D eigenvalue weighted by Crippen LogP contribution is 2.23. The van der Waals surface area contributed by atoms with Gasteiger partial charge in [0.05, 0.1) is 22.7 Å². The molecular weight excluding hydrogens is 354 g/mol. The smallest absolute Gasteiger partial charge is 0.255 e. The summed E-state index contributed by atoms with van der Waals surface area (Å²) in [6, 6.07) is 7.54. The van der Waals surface area contributed by atoms with Crippen molar-refractivity contribution in [2.75, 3.05) is 26.2 Å². The third kappa shape index (κ3) is 3.76. The van der Waals surface area contributed by atoms with Gasteiger partial charge in [0.25, 0.3) is 5.91 Å². The van der Waals surface area contributed by atoms with Gasteiger partial charge in [0.15, 0.2) is 0 Å². The van der Waals surface area contributed by atoms with Gasteiger partial charge in [-0.3, -0.25) is 9.69 Å². The van der Waals surface area contributed by atoms with E-state index >= 15 is 0 Å². The van der Waals surface area contributed by atoms with Crippen LogP contribution in [0.4, 0.5) is 0 Å². The number of rotatable bonds is 3. The normalized spacial score (nSPS) is 17.3. The first-order valence-electron chi connectivity index (χ1n) is 6.94. The number of nitrogens with zero attached hydrogens (tertiary/aromatic N) is 3. The maximum absolute atomic E-state index is 12.5. The van der Waals surface area contributed by atoms with Crippen molar-refractivity contribution in [2.45, 2.75) is 19.4 Å². The Balaban J connectivity index is 2.02. The Morgan fingerprint density at radius 2 is 2.10 bits per heavy atom. The number of piperazine rings is 1. The molecule has 0 radical (unpaired) electrons. The highest BCUT2D eigenvalue weighted by atomic mass is 79.9. The molecule has 21 heavy (non-hydrogen) atoms. The zero-order valence-electron chi connectivity index (χ0n) is 11.9. The number of carbonyl (C=O) groups excluding carboxylic acids is 1. The lowest BCUT2D eigenvalue weighted by Crippen LogP contribution is -2.51. The van der Waals surface area contributed by atoms with E-state index in [9.17, 15) is 4.79 Å². The van der Waals surface area contributed by atoms with Crippen molar-refractivity contribution in [1.82, 2.24) is 9.80 Å². The van der Waals surface area contributed by atoms with Crippen molar-refractivity contribution in [2.24, 2.45) is 0 Å². The summed E-state index contributed by atoms with van der Waals surface area (Å²) in [6.45, 7) is 4.72. The lowest BCUT2D eigenvalue weighted by atomic mass is 10.1. The second kappa shape index (κ2) is 7.26. The number of hydrogen-bond donors (Lipinski definition) is 0. The Morgan fingerprint density at radius 3 is 2.62 bits per heavy atom. The van der Waals surface area contributed by atoms with Crippen molar-refractivity contribution in [1.29, 1.82) is 5.26 Å². The third-order valence-corrected chi connectivity index (χ3v) is 4.55. The molecular formula is C15H17BrClN3O. The van der Waals surface area contributed by atoms with Crippen LogP contribution in [-0.4, -0.2) is 47.9 Å². The molecule has 0 N–H and O–H groups in total. The summed E-state index contributed by atoms with van der Waals surface area (Å²) >= 11 is 9.47. The number of carbonyl (C=O) groups is 1. The summed E-state index contributed by atoms with van der Waals surface area (Å²) in [7, 11) is 0. The predicted octanol–water partition coefficient (Wildman–Crippen LogP) is 3.16. The van der Waals surface area contributed by atoms with Crippen LogP contribution in [0.5, 0.6) is 0 Å². The van der Waals surface area contributed by atoms with E-state index in [1.165, 1.54) is 0 Å². The lowest BCUT2D eigenvalue weighted by Gasteiger charge is -2.36. The van der Waals surface area contributed by atoms with Gasteiger partial charge in [-0.1, -0.05) is 34.5 Å². The van der Waals surface area contributed by atoms with Crippen LogP contribution in [-0.2, 0) is 0 Å². The Bertz CT molecular complexity index is 565. The third-order valence-electron chi connectivity index (χ3n) is 3.74. The van der Waals surface area contributed by atoms with Crippen molar-refractivity contribution < 1.29 is 4.79 Å². The van der Waals surface area contributed by atoms with Crippen LogP contribution < -0.4 is 0 Å². The Kier molecular flexibility index (Phi) is 5.63. The van der Waals surface area contributed by atoms with Crippen LogP contribution in [0, 0.1) is 11.3 Å². The monoisotopic (exact) mass is 369 g/mol. The molecule has 0 saturated carbocycles. The number of benzene rings is 1. The molecule has 1 heterocycles. The van der Waals surface area contributed by atoms with Crippen molar-refractivity contribution >= 4 is 33.4 Å². The van der Waals surface area contributed by atoms with Crippen LogP contribution in [0.15, 0.2) is 22.7 Å². The summed E-state index contributed by atoms with van der Waals surface area (Å²) in [6.07, 6.45) is 0.809. The summed E-state index contributed by atoms with van der Waals surface area (Å²) < 4.78 is 0.855. The van der Waals surface area contributed by atoms with Gasteiger partial charge in [-0.15, -0.1) is 0 Å². The number of amides is 1. The molecule has 6 heteroatoms. The van der Waals surface area contributed by atoms with Gasteiger partial charge in [0, 0.05) is 30.7 Å². The first-order chi connectivity index (χ1) is 10.1. The first-order valence-corrected chi connectivity index (χ1v) is 8.12. The Morgan fingerprint density at radius 1 is 1.43 bits per heavy atom. The SMILES string of the molecule is CCC(C#N)N1CCN(C(=O)c2ccc(Br)cc2Cl)CC1. The Labute approximate surface area is 138 Å². The zero-order chi connectivity index (χ0) is 15.4. The molecule has 0 spiro atoms. The van der Waals surface area contributed by atoms with Gasteiger partial charge in [-0.05, 0) is 24.6 Å². The maximum Gasteiger partial charge on any atom is 0.255 e. The average molecular weight is 371 g/mol. The molecule has 1 aliphatic rings. The minimum Gasteiger partial charge on any atom is -0.336 e. The number of halogens is 2. The average Bonchev–Trinajstić information content (AvgIpc) is 2.48. The zero-order valence-corrected chi connectivity index (χ0v) is 14.2. The topological polar surface area (TPSA) is 47.3 Å². The fraction of sp³-hybridized carbons (Fsp3) is 0.467. The van der Waals surface area contributed by atoms with Gasteiger partial charge < -0.3 is 4.90 Å². The highest BCUT2D eigenvalue weighted by molar-refractivity contribution is 9.10. The fourth-order valence-corrected chi connectivity index (χ4v) is 3.26. The van der Waals surface area contributed by atoms with E-state index in [0.29, 0.717) is 23.7 Å². The molecule has 0 aliphatic carbocycles. The molecule has 2 rings (SSSR count). The summed E-state index contributed by atoms with van der Waals surface area (Å²) in [5.41, 5.74) is 0.528. The first kappa shape index (κ1) is 16.3. The molecule has 1 aliphatic heterocycles. The fourth-order valence-electron chi connectivity index (χ4n) is 2.50. The van der Waals surface area contributed by atoms with Crippen LogP contribution in [0.2, 0.25) is 5.02 Å². The largest absolute Gasteiger partial charge is 0.336 e. The molecule has 1 aromatic rings. The van der Waals surface area contributed by atoms with Gasteiger partial charge in [0.1, 0.15) is 0 Å². The number of nitriles is 1. The lowest BCUT2D eigenvalue weighted by molar-refractivity contribution is 0.0604. The van der Waals surface area contributed by atoms with Crippen molar-refractivity contribution in [3.63, 3.8) is 0 Å². The molecule has 1 atom stereocenters. The maximum atomic E-state index is 12.5. The van der Waals surface area contributed by atoms with Crippen LogP contribution in [0.3, 0.4) is 0 Å². The van der Waals surface area contributed by atoms with Crippen molar-refractivity contribution in [3.8, 4) is 6.07 Å². The second-order valence-electron chi connectivity index (χ2n) is 5.01. The molecule has 1 unspecified atom stereocenters. The summed E-state index contributed by atoms with van der Waals surface area (Å²) in [5, 5.41) is 9.56. The second-order valence-corrected chi connectivity index (χ2v) is 6.33. The molecule has 1 saturated heterocycles. The van der Waals surface area contributed by atoms with E-state index in [1.807, 2.05) is 13.0 Å². The predicted molar refractivity (Wildman–Crippen MR) is 86.3 cm³/mol. The molecule has 1 fully saturated rings. The number of hydrogen-bond acceptors (Lipinski definition) is 3. The summed E-state index contributed by atoms with van der Waals surface area (Å²) in [5.74, 6) is -0.0443. The van der Waals surface area contributed by atoms with Gasteiger partial charge in [0.2, 0.25) is 0 Å². The standard InChI is InChI=1S/C15H17BrClN3O/c1-2-12(10-18)19-5-7-20(8-6-19)15(21)13-4-3-11(16)9-14(13)17/h3-4,9,12H,2,5-8H2,1H3. The van der Waals surface area contributed by atoms with E-state index in [1.54, 1.807) is 17.0 Å². The molecule has 1 aromatic carbocycles. The summed E-state index contributed by atoms with van der Waals surface area (Å²) in [4.78, 5) is 16.4. The minimum atomic E-state index is -0.0569. The van der Waals surface area contributed by atoms with Gasteiger partial charge in [-0.25, -0.2) is 0 Å². The van der Waals surface area contributed by atoms with E-state index in [0.717, 1.165) is 24.0 Å². The molecule has 0 bridgehead atoms. The molecule has 4 nitrogen and oxygen atoms in total. The van der Waals surface area contributed by atoms with Gasteiger partial charge in [-0.2, -0.15) is 5.26 Å². The molecule has 0 aromatic heterocycles. The van der Waals surface area contributed by atoms with Crippen molar-refractivity contribution in [3.05, 3.63) is 33.3 Å². The molecule has 112 valence electrons. The highest BCUT2D eigenvalue weighted by Gasteiger charge is 2.26. The van der Waals surface area contributed by atoms with E-state index in [-0.39, 0.29) is 11.9 Å². The van der Waals surface area contributed by atoms with Crippen LogP contribution in [0.1, 0.15) is 23.7 Å². The van der Waals surface area contributed by atoms with Crippen LogP contribution >= 0.6 is 27.5 Å². The molecule has 1 amide bonds. The van der Waals surface area contributed by atoms with Gasteiger partial charge >= 0.3 is 0 Å². The quantitative estimate of drug-likeness (QED) is 0.821.